The lowest BCUT2D eigenvalue weighted by molar-refractivity contribution is -0.122. The van der Waals surface area contributed by atoms with Crippen molar-refractivity contribution in [2.45, 2.75) is 26.4 Å². The van der Waals surface area contributed by atoms with E-state index in [2.05, 4.69) is 20.8 Å². The minimum Gasteiger partial charge on any atom is -0.424 e. The molecule has 2 N–H and O–H groups in total. The van der Waals surface area contributed by atoms with Gasteiger partial charge in [0, 0.05) is 14.0 Å². The van der Waals surface area contributed by atoms with E-state index in [1.165, 1.54) is 0 Å². The van der Waals surface area contributed by atoms with Crippen LogP contribution in [0.4, 0.5) is 0 Å². The normalized spacial score (nSPS) is 12.5. The summed E-state index contributed by atoms with van der Waals surface area (Å²) < 4.78 is 5.13. The van der Waals surface area contributed by atoms with E-state index in [-0.39, 0.29) is 11.9 Å². The van der Waals surface area contributed by atoms with Crippen LogP contribution in [0.25, 0.3) is 0 Å². The van der Waals surface area contributed by atoms with Gasteiger partial charge in [0.05, 0.1) is 12.6 Å². The third kappa shape index (κ3) is 2.81. The Labute approximate surface area is 82.1 Å². The Hall–Kier alpha value is -1.43. The average Bonchev–Trinajstić information content (AvgIpc) is 2.59. The van der Waals surface area contributed by atoms with Gasteiger partial charge in [-0.2, -0.15) is 0 Å². The SMILES string of the molecule is CNC(=O)C(C)NCc1nnc(C)o1. The van der Waals surface area contributed by atoms with Crippen LogP contribution in [0.2, 0.25) is 0 Å². The standard InChI is InChI=1S/C8H14N4O2/c1-5(8(13)9-3)10-4-7-12-11-6(2)14-7/h5,10H,4H2,1-3H3,(H,9,13). The van der Waals surface area contributed by atoms with E-state index in [0.717, 1.165) is 0 Å². The van der Waals surface area contributed by atoms with Gasteiger partial charge in [-0.3, -0.25) is 10.1 Å². The average molecular weight is 198 g/mol. The van der Waals surface area contributed by atoms with Crippen molar-refractivity contribution in [3.63, 3.8) is 0 Å². The van der Waals surface area contributed by atoms with Gasteiger partial charge < -0.3 is 9.73 Å². The molecule has 1 aromatic rings. The van der Waals surface area contributed by atoms with E-state index in [1.807, 2.05) is 0 Å². The van der Waals surface area contributed by atoms with Crippen LogP contribution in [-0.4, -0.2) is 29.2 Å². The lowest BCUT2D eigenvalue weighted by atomic mass is 10.3. The highest BCUT2D eigenvalue weighted by atomic mass is 16.4. The maximum Gasteiger partial charge on any atom is 0.236 e. The van der Waals surface area contributed by atoms with Crippen molar-refractivity contribution in [2.24, 2.45) is 0 Å². The fraction of sp³-hybridized carbons (Fsp3) is 0.625. The number of carbonyl (C=O) groups excluding carboxylic acids is 1. The van der Waals surface area contributed by atoms with Crippen molar-refractivity contribution in [2.75, 3.05) is 7.05 Å². The number of amides is 1. The van der Waals surface area contributed by atoms with Gasteiger partial charge in [-0.25, -0.2) is 0 Å². The van der Waals surface area contributed by atoms with E-state index in [9.17, 15) is 4.79 Å². The molecule has 1 atom stereocenters. The monoisotopic (exact) mass is 198 g/mol. The van der Waals surface area contributed by atoms with Gasteiger partial charge >= 0.3 is 0 Å². The summed E-state index contributed by atoms with van der Waals surface area (Å²) in [5.41, 5.74) is 0. The maximum absolute atomic E-state index is 11.1. The van der Waals surface area contributed by atoms with E-state index in [4.69, 9.17) is 4.42 Å². The van der Waals surface area contributed by atoms with Gasteiger partial charge in [-0.05, 0) is 6.92 Å². The molecule has 1 rings (SSSR count). The first-order valence-corrected chi connectivity index (χ1v) is 4.37. The number of hydrogen-bond acceptors (Lipinski definition) is 5. The van der Waals surface area contributed by atoms with Gasteiger partial charge in [0.2, 0.25) is 17.7 Å². The van der Waals surface area contributed by atoms with Gasteiger partial charge in [0.25, 0.3) is 0 Å². The van der Waals surface area contributed by atoms with Crippen LogP contribution in [0.15, 0.2) is 4.42 Å². The molecule has 0 saturated carbocycles. The van der Waals surface area contributed by atoms with Gasteiger partial charge in [0.1, 0.15) is 0 Å². The van der Waals surface area contributed by atoms with E-state index in [1.54, 1.807) is 20.9 Å². The molecule has 0 spiro atoms. The van der Waals surface area contributed by atoms with Crippen molar-refractivity contribution >= 4 is 5.91 Å². The number of nitrogens with one attached hydrogen (secondary N) is 2. The van der Waals surface area contributed by atoms with Gasteiger partial charge in [-0.15, -0.1) is 10.2 Å². The minimum absolute atomic E-state index is 0.0683. The molecule has 78 valence electrons. The Morgan fingerprint density at radius 2 is 2.29 bits per heavy atom. The van der Waals surface area contributed by atoms with Crippen molar-refractivity contribution < 1.29 is 9.21 Å². The Balaban J connectivity index is 2.37. The first-order valence-electron chi connectivity index (χ1n) is 4.37. The van der Waals surface area contributed by atoms with Crippen molar-refractivity contribution in [1.29, 1.82) is 0 Å². The van der Waals surface area contributed by atoms with Crippen LogP contribution in [0.3, 0.4) is 0 Å². The summed E-state index contributed by atoms with van der Waals surface area (Å²) in [7, 11) is 1.59. The molecule has 1 amide bonds. The van der Waals surface area contributed by atoms with E-state index >= 15 is 0 Å². The highest BCUT2D eigenvalue weighted by molar-refractivity contribution is 5.80. The molecule has 0 bridgehead atoms. The fourth-order valence-electron chi connectivity index (χ4n) is 0.959. The Morgan fingerprint density at radius 1 is 1.57 bits per heavy atom. The summed E-state index contributed by atoms with van der Waals surface area (Å²) in [5.74, 6) is 0.939. The number of carbonyl (C=O) groups is 1. The van der Waals surface area contributed by atoms with Crippen molar-refractivity contribution in [3.05, 3.63) is 11.8 Å². The predicted octanol–water partition coefficient (Wildman–Crippen LogP) is -0.398. The molecule has 6 nitrogen and oxygen atoms in total. The first kappa shape index (κ1) is 10.6. The molecule has 6 heteroatoms. The van der Waals surface area contributed by atoms with Crippen molar-refractivity contribution in [1.82, 2.24) is 20.8 Å². The smallest absolute Gasteiger partial charge is 0.236 e. The highest BCUT2D eigenvalue weighted by Gasteiger charge is 2.11. The zero-order valence-electron chi connectivity index (χ0n) is 8.50. The third-order valence-corrected chi connectivity index (χ3v) is 1.77. The number of aryl methyl sites for hydroxylation is 1. The second-order valence-corrected chi connectivity index (χ2v) is 2.93. The van der Waals surface area contributed by atoms with Crippen LogP contribution in [-0.2, 0) is 11.3 Å². The second-order valence-electron chi connectivity index (χ2n) is 2.93. The van der Waals surface area contributed by atoms with E-state index < -0.39 is 0 Å². The first-order chi connectivity index (χ1) is 6.63. The molecule has 1 unspecified atom stereocenters. The molecule has 0 aliphatic rings. The molecule has 0 aliphatic carbocycles. The largest absolute Gasteiger partial charge is 0.424 e. The van der Waals surface area contributed by atoms with Crippen LogP contribution >= 0.6 is 0 Å². The summed E-state index contributed by atoms with van der Waals surface area (Å²) in [6, 6.07) is -0.271. The van der Waals surface area contributed by atoms with Crippen molar-refractivity contribution in [3.8, 4) is 0 Å². The van der Waals surface area contributed by atoms with Gasteiger partial charge in [0.15, 0.2) is 0 Å². The molecule has 0 fully saturated rings. The number of hydrogen-bond donors (Lipinski definition) is 2. The minimum atomic E-state index is -0.271. The lowest BCUT2D eigenvalue weighted by Crippen LogP contribution is -2.40. The summed E-state index contributed by atoms with van der Waals surface area (Å²) in [6.07, 6.45) is 0. The lowest BCUT2D eigenvalue weighted by Gasteiger charge is -2.09. The molecule has 1 aromatic heterocycles. The second kappa shape index (κ2) is 4.71. The number of rotatable bonds is 4. The van der Waals surface area contributed by atoms with Crippen LogP contribution in [0, 0.1) is 6.92 Å². The Kier molecular flexibility index (Phi) is 3.58. The molecular weight excluding hydrogens is 184 g/mol. The maximum atomic E-state index is 11.1. The molecule has 0 aromatic carbocycles. The van der Waals surface area contributed by atoms with Gasteiger partial charge in [-0.1, -0.05) is 0 Å². The molecule has 0 saturated heterocycles. The quantitative estimate of drug-likeness (QED) is 0.688. The van der Waals surface area contributed by atoms with Crippen LogP contribution < -0.4 is 10.6 Å². The van der Waals surface area contributed by atoms with Crippen LogP contribution in [0.5, 0.6) is 0 Å². The summed E-state index contributed by atoms with van der Waals surface area (Å²) in [5, 5.41) is 13.0. The van der Waals surface area contributed by atoms with E-state index in [0.29, 0.717) is 18.3 Å². The molecule has 0 radical (unpaired) electrons. The number of nitrogens with zero attached hydrogens (tertiary/aromatic N) is 2. The summed E-state index contributed by atoms with van der Waals surface area (Å²) >= 11 is 0. The highest BCUT2D eigenvalue weighted by Crippen LogP contribution is 1.97. The topological polar surface area (TPSA) is 80.0 Å². The van der Waals surface area contributed by atoms with Crippen LogP contribution in [0.1, 0.15) is 18.7 Å². The Morgan fingerprint density at radius 3 is 2.79 bits per heavy atom. The molecule has 1 heterocycles. The Bertz CT molecular complexity index is 310. The molecular formula is C8H14N4O2. The summed E-state index contributed by atoms with van der Waals surface area (Å²) in [4.78, 5) is 11.1. The summed E-state index contributed by atoms with van der Waals surface area (Å²) in [6.45, 7) is 3.89. The predicted molar refractivity (Wildman–Crippen MR) is 49.4 cm³/mol. The fourth-order valence-corrected chi connectivity index (χ4v) is 0.959. The zero-order valence-corrected chi connectivity index (χ0v) is 8.50. The number of likely N-dealkylation sites (N-methyl/N-ethyl adjacent to an activating group) is 1. The third-order valence-electron chi connectivity index (χ3n) is 1.77. The molecule has 14 heavy (non-hydrogen) atoms. The zero-order chi connectivity index (χ0) is 10.6. The molecule has 0 aliphatic heterocycles. The number of aromatic nitrogens is 2.